The second-order valence-electron chi connectivity index (χ2n) is 7.21. The van der Waals surface area contributed by atoms with Gasteiger partial charge in [0.05, 0.1) is 36.5 Å². The zero-order chi connectivity index (χ0) is 21.4. The highest BCUT2D eigenvalue weighted by molar-refractivity contribution is 7.19. The average molecular weight is 439 g/mol. The Kier molecular flexibility index (Phi) is 5.06. The fraction of sp³-hybridized carbons (Fsp3) is 0.333. The van der Waals surface area contributed by atoms with Crippen molar-refractivity contribution in [2.24, 2.45) is 0 Å². The lowest BCUT2D eigenvalue weighted by Gasteiger charge is -2.22. The van der Waals surface area contributed by atoms with E-state index in [0.717, 1.165) is 50.3 Å². The number of carbonyl (C=O) groups excluding carboxylic acids is 1. The van der Waals surface area contributed by atoms with Crippen molar-refractivity contribution in [3.05, 3.63) is 35.1 Å². The minimum atomic E-state index is -0.610. The first-order valence-corrected chi connectivity index (χ1v) is 10.8. The Morgan fingerprint density at radius 1 is 1.35 bits per heavy atom. The lowest BCUT2D eigenvalue weighted by Crippen LogP contribution is -2.25. The quantitative estimate of drug-likeness (QED) is 0.442. The van der Waals surface area contributed by atoms with Crippen LogP contribution in [-0.4, -0.2) is 46.1 Å². The predicted octanol–water partition coefficient (Wildman–Crippen LogP) is 4.35. The summed E-state index contributed by atoms with van der Waals surface area (Å²) < 4.78 is 15.9. The minimum absolute atomic E-state index is 0.187. The molecule has 0 radical (unpaired) electrons. The Bertz CT molecular complexity index is 1270. The van der Waals surface area contributed by atoms with Crippen LogP contribution in [0.3, 0.4) is 0 Å². The standard InChI is InChI=1S/C21H21N5O4S/c1-3-29-21(27)30-12-4-5-13-17(7-12)31-20-18(13)19(22-10-23-20)25-15-6-11-9-24-26-14(11)8-16(15)28-2/h6,8-10,12H,3-5,7H2,1-2H3,(H,24,26)(H,22,23,25). The molecule has 31 heavy (non-hydrogen) atoms. The van der Waals surface area contributed by atoms with E-state index in [-0.39, 0.29) is 6.10 Å². The normalized spacial score (nSPS) is 15.6. The van der Waals surface area contributed by atoms with Crippen LogP contribution in [0.15, 0.2) is 24.7 Å². The van der Waals surface area contributed by atoms with Gasteiger partial charge in [-0.05, 0) is 31.4 Å². The molecule has 3 heterocycles. The number of fused-ring (bicyclic) bond motifs is 4. The number of aryl methyl sites for hydroxylation is 1. The van der Waals surface area contributed by atoms with Crippen LogP contribution >= 0.6 is 11.3 Å². The molecule has 1 aliphatic rings. The van der Waals surface area contributed by atoms with Crippen LogP contribution in [0.4, 0.5) is 16.3 Å². The van der Waals surface area contributed by atoms with E-state index in [1.165, 1.54) is 5.56 Å². The molecule has 4 aromatic rings. The van der Waals surface area contributed by atoms with Crippen molar-refractivity contribution in [3.8, 4) is 5.75 Å². The highest BCUT2D eigenvalue weighted by atomic mass is 32.1. The third-order valence-corrected chi connectivity index (χ3v) is 6.50. The van der Waals surface area contributed by atoms with Crippen molar-refractivity contribution in [3.63, 3.8) is 0 Å². The Hall–Kier alpha value is -3.40. The maximum Gasteiger partial charge on any atom is 0.508 e. The summed E-state index contributed by atoms with van der Waals surface area (Å²) in [7, 11) is 1.63. The molecule has 10 heteroatoms. The zero-order valence-electron chi connectivity index (χ0n) is 17.1. The van der Waals surface area contributed by atoms with E-state index in [2.05, 4.69) is 25.5 Å². The van der Waals surface area contributed by atoms with Gasteiger partial charge in [0.25, 0.3) is 0 Å². The van der Waals surface area contributed by atoms with E-state index in [9.17, 15) is 4.79 Å². The first-order valence-electron chi connectivity index (χ1n) is 10.0. The minimum Gasteiger partial charge on any atom is -0.494 e. The molecule has 0 fully saturated rings. The number of hydrogen-bond acceptors (Lipinski definition) is 9. The van der Waals surface area contributed by atoms with Gasteiger partial charge in [0.15, 0.2) is 0 Å². The van der Waals surface area contributed by atoms with Crippen molar-refractivity contribution in [1.29, 1.82) is 0 Å². The summed E-state index contributed by atoms with van der Waals surface area (Å²) in [5, 5.41) is 12.4. The highest BCUT2D eigenvalue weighted by Gasteiger charge is 2.28. The van der Waals surface area contributed by atoms with Gasteiger partial charge in [-0.25, -0.2) is 14.8 Å². The number of nitrogens with zero attached hydrogens (tertiary/aromatic N) is 3. The van der Waals surface area contributed by atoms with Gasteiger partial charge in [0.2, 0.25) is 0 Å². The summed E-state index contributed by atoms with van der Waals surface area (Å²) >= 11 is 1.61. The van der Waals surface area contributed by atoms with Gasteiger partial charge in [-0.3, -0.25) is 5.10 Å². The van der Waals surface area contributed by atoms with Crippen molar-refractivity contribution >= 4 is 50.1 Å². The Morgan fingerprint density at radius 3 is 3.10 bits per heavy atom. The molecule has 9 nitrogen and oxygen atoms in total. The summed E-state index contributed by atoms with van der Waals surface area (Å²) in [5.74, 6) is 1.42. The molecule has 1 unspecified atom stereocenters. The molecule has 0 amide bonds. The predicted molar refractivity (Wildman–Crippen MR) is 117 cm³/mol. The van der Waals surface area contributed by atoms with Crippen molar-refractivity contribution in [2.45, 2.75) is 32.3 Å². The van der Waals surface area contributed by atoms with Crippen LogP contribution in [0, 0.1) is 0 Å². The smallest absolute Gasteiger partial charge is 0.494 e. The van der Waals surface area contributed by atoms with Crippen molar-refractivity contribution in [1.82, 2.24) is 20.2 Å². The van der Waals surface area contributed by atoms with E-state index >= 15 is 0 Å². The maximum absolute atomic E-state index is 11.7. The summed E-state index contributed by atoms with van der Waals surface area (Å²) in [4.78, 5) is 22.8. The van der Waals surface area contributed by atoms with Crippen LogP contribution in [0.25, 0.3) is 21.1 Å². The largest absolute Gasteiger partial charge is 0.508 e. The van der Waals surface area contributed by atoms with Gasteiger partial charge >= 0.3 is 6.16 Å². The summed E-state index contributed by atoms with van der Waals surface area (Å²) in [6.07, 6.45) is 4.69. The number of thiophene rings is 1. The van der Waals surface area contributed by atoms with E-state index < -0.39 is 6.16 Å². The van der Waals surface area contributed by atoms with Gasteiger partial charge in [0.1, 0.15) is 28.8 Å². The Balaban J connectivity index is 1.48. The highest BCUT2D eigenvalue weighted by Crippen LogP contribution is 2.41. The number of methoxy groups -OCH3 is 1. The molecule has 1 aromatic carbocycles. The number of rotatable bonds is 5. The van der Waals surface area contributed by atoms with Gasteiger partial charge in [-0.1, -0.05) is 0 Å². The molecule has 1 aliphatic carbocycles. The van der Waals surface area contributed by atoms with Gasteiger partial charge in [0, 0.05) is 22.8 Å². The van der Waals surface area contributed by atoms with Crippen molar-refractivity contribution in [2.75, 3.05) is 19.0 Å². The summed E-state index contributed by atoms with van der Waals surface area (Å²) in [6, 6.07) is 3.89. The van der Waals surface area contributed by atoms with Crippen molar-refractivity contribution < 1.29 is 19.0 Å². The Labute approximate surface area is 181 Å². The Morgan fingerprint density at radius 2 is 2.26 bits per heavy atom. The van der Waals surface area contributed by atoms with Gasteiger partial charge < -0.3 is 19.5 Å². The summed E-state index contributed by atoms with van der Waals surface area (Å²) in [5.41, 5.74) is 2.90. The number of aromatic nitrogens is 4. The van der Waals surface area contributed by atoms with Gasteiger partial charge in [-0.2, -0.15) is 5.10 Å². The van der Waals surface area contributed by atoms with Gasteiger partial charge in [-0.15, -0.1) is 11.3 Å². The number of carbonyl (C=O) groups is 1. The molecule has 3 aromatic heterocycles. The molecule has 0 aliphatic heterocycles. The number of ether oxygens (including phenoxy) is 3. The topological polar surface area (TPSA) is 111 Å². The molecular weight excluding hydrogens is 418 g/mol. The van der Waals surface area contributed by atoms with Crippen LogP contribution < -0.4 is 10.1 Å². The second-order valence-corrected chi connectivity index (χ2v) is 8.29. The zero-order valence-corrected chi connectivity index (χ0v) is 17.9. The molecule has 0 bridgehead atoms. The number of hydrogen-bond donors (Lipinski definition) is 2. The molecule has 5 rings (SSSR count). The average Bonchev–Trinajstić information content (AvgIpc) is 3.37. The van der Waals surface area contributed by atoms with Crippen LogP contribution in [0.2, 0.25) is 0 Å². The number of H-pyrrole nitrogens is 1. The van der Waals surface area contributed by atoms with Crippen LogP contribution in [0.1, 0.15) is 23.8 Å². The number of aromatic amines is 1. The number of nitrogens with one attached hydrogen (secondary N) is 2. The maximum atomic E-state index is 11.7. The van der Waals surface area contributed by atoms with Crippen LogP contribution in [0.5, 0.6) is 5.75 Å². The molecule has 0 spiro atoms. The monoisotopic (exact) mass is 439 g/mol. The lowest BCUT2D eigenvalue weighted by atomic mass is 9.94. The molecule has 0 saturated carbocycles. The molecular formula is C21H21N5O4S. The first-order chi connectivity index (χ1) is 15.2. The number of benzene rings is 1. The molecule has 0 saturated heterocycles. The van der Waals surface area contributed by atoms with E-state index in [0.29, 0.717) is 18.8 Å². The SMILES string of the molecule is CCOC(=O)OC1CCc2c(sc3ncnc(Nc4cc5cn[nH]c5cc4OC)c23)C1. The van der Waals surface area contributed by atoms with E-state index in [1.54, 1.807) is 37.9 Å². The lowest BCUT2D eigenvalue weighted by molar-refractivity contribution is 0.0223. The molecule has 1 atom stereocenters. The second kappa shape index (κ2) is 8.03. The third-order valence-electron chi connectivity index (χ3n) is 5.34. The van der Waals surface area contributed by atoms with E-state index in [1.807, 2.05) is 12.1 Å². The molecule has 2 N–H and O–H groups in total. The molecule has 160 valence electrons. The first kappa shape index (κ1) is 19.6. The summed E-state index contributed by atoms with van der Waals surface area (Å²) in [6.45, 7) is 2.07. The third kappa shape index (κ3) is 3.63. The van der Waals surface area contributed by atoms with Crippen LogP contribution in [-0.2, 0) is 22.3 Å². The fourth-order valence-electron chi connectivity index (χ4n) is 3.93. The van der Waals surface area contributed by atoms with E-state index in [4.69, 9.17) is 14.2 Å². The fourth-order valence-corrected chi connectivity index (χ4v) is 5.18. The number of anilines is 2.